The maximum atomic E-state index is 14.4. The molecule has 0 heterocycles. The highest BCUT2D eigenvalue weighted by molar-refractivity contribution is 6.30. The zero-order valence-electron chi connectivity index (χ0n) is 23.7. The van der Waals surface area contributed by atoms with Crippen molar-refractivity contribution >= 4 is 35.4 Å². The molecule has 1 aliphatic rings. The summed E-state index contributed by atoms with van der Waals surface area (Å²) in [5.74, 6) is -3.82. The van der Waals surface area contributed by atoms with Gasteiger partial charge in [-0.1, -0.05) is 48.0 Å². The molecule has 9 nitrogen and oxygen atoms in total. The van der Waals surface area contributed by atoms with Crippen molar-refractivity contribution in [3.05, 3.63) is 123 Å². The number of carboxylic acid groups (broad SMARTS) is 2. The third kappa shape index (κ3) is 6.74. The van der Waals surface area contributed by atoms with Gasteiger partial charge >= 0.3 is 17.9 Å². The molecule has 1 atom stereocenters. The van der Waals surface area contributed by atoms with Crippen LogP contribution in [0.2, 0.25) is 5.02 Å². The predicted molar refractivity (Wildman–Crippen MR) is 162 cm³/mol. The highest BCUT2D eigenvalue weighted by Gasteiger charge is 2.33. The van der Waals surface area contributed by atoms with E-state index < -0.39 is 46.7 Å². The zero-order chi connectivity index (χ0) is 31.4. The van der Waals surface area contributed by atoms with Gasteiger partial charge < -0.3 is 24.6 Å². The maximum absolute atomic E-state index is 14.4. The number of amides is 1. The molecule has 1 aliphatic carbocycles. The Labute approximate surface area is 258 Å². The molecule has 0 fully saturated rings. The van der Waals surface area contributed by atoms with E-state index in [0.717, 1.165) is 43.0 Å². The van der Waals surface area contributed by atoms with Gasteiger partial charge in [0, 0.05) is 18.5 Å². The second-order valence-corrected chi connectivity index (χ2v) is 10.8. The minimum atomic E-state index is -1.48. The van der Waals surface area contributed by atoms with Gasteiger partial charge in [-0.2, -0.15) is 0 Å². The molecular formula is C34H28ClNO8. The fourth-order valence-electron chi connectivity index (χ4n) is 5.41. The SMILES string of the molecule is CC(=O)Oc1cc(C(=O)O)c(C(=O)N(Cc2cccc(Oc3ccc(Cl)cc3)c2)[C@H]2CCCc3ccccc32)cc1C(=O)O. The molecule has 0 unspecified atom stereocenters. The molecule has 224 valence electrons. The maximum Gasteiger partial charge on any atom is 0.339 e. The molecule has 10 heteroatoms. The summed E-state index contributed by atoms with van der Waals surface area (Å²) in [6.07, 6.45) is 2.24. The van der Waals surface area contributed by atoms with Gasteiger partial charge in [-0.3, -0.25) is 9.59 Å². The first-order valence-corrected chi connectivity index (χ1v) is 14.2. The van der Waals surface area contributed by atoms with E-state index in [4.69, 9.17) is 21.1 Å². The van der Waals surface area contributed by atoms with E-state index in [2.05, 4.69) is 0 Å². The molecule has 0 saturated heterocycles. The lowest BCUT2D eigenvalue weighted by Gasteiger charge is -2.36. The molecule has 4 aromatic carbocycles. The number of benzene rings is 4. The third-order valence-electron chi connectivity index (χ3n) is 7.34. The average molecular weight is 614 g/mol. The van der Waals surface area contributed by atoms with Crippen LogP contribution in [0.15, 0.2) is 84.9 Å². The number of hydrogen-bond acceptors (Lipinski definition) is 6. The number of nitrogens with zero attached hydrogens (tertiary/aromatic N) is 1. The monoisotopic (exact) mass is 613 g/mol. The number of aryl methyl sites for hydroxylation is 1. The molecule has 0 saturated carbocycles. The van der Waals surface area contributed by atoms with Crippen molar-refractivity contribution < 1.29 is 38.9 Å². The Morgan fingerprint density at radius 3 is 2.27 bits per heavy atom. The van der Waals surface area contributed by atoms with Crippen molar-refractivity contribution in [3.8, 4) is 17.2 Å². The van der Waals surface area contributed by atoms with Crippen LogP contribution >= 0.6 is 11.6 Å². The molecule has 4 aromatic rings. The van der Waals surface area contributed by atoms with Crippen molar-refractivity contribution in [2.75, 3.05) is 0 Å². The number of carbonyl (C=O) groups excluding carboxylic acids is 2. The number of carbonyl (C=O) groups is 4. The molecule has 5 rings (SSSR count). The average Bonchev–Trinajstić information content (AvgIpc) is 3.00. The van der Waals surface area contributed by atoms with E-state index in [0.29, 0.717) is 28.5 Å². The van der Waals surface area contributed by atoms with Crippen LogP contribution in [-0.2, 0) is 17.8 Å². The largest absolute Gasteiger partial charge is 0.478 e. The highest BCUT2D eigenvalue weighted by Crippen LogP contribution is 2.37. The highest BCUT2D eigenvalue weighted by atomic mass is 35.5. The summed E-state index contributed by atoms with van der Waals surface area (Å²) in [6, 6.07) is 23.3. The second kappa shape index (κ2) is 13.0. The van der Waals surface area contributed by atoms with Crippen LogP contribution in [0.4, 0.5) is 0 Å². The lowest BCUT2D eigenvalue weighted by Crippen LogP contribution is -2.37. The Kier molecular flexibility index (Phi) is 8.96. The summed E-state index contributed by atoms with van der Waals surface area (Å²) in [5, 5.41) is 20.5. The van der Waals surface area contributed by atoms with Crippen molar-refractivity contribution in [2.24, 2.45) is 0 Å². The summed E-state index contributed by atoms with van der Waals surface area (Å²) in [7, 11) is 0. The number of aromatic carboxylic acids is 2. The van der Waals surface area contributed by atoms with Crippen molar-refractivity contribution in [2.45, 2.75) is 38.8 Å². The fourth-order valence-corrected chi connectivity index (χ4v) is 5.54. The number of fused-ring (bicyclic) bond motifs is 1. The molecule has 0 radical (unpaired) electrons. The van der Waals surface area contributed by atoms with Gasteiger partial charge in [0.05, 0.1) is 17.2 Å². The fraction of sp³-hybridized carbons (Fsp3) is 0.176. The smallest absolute Gasteiger partial charge is 0.339 e. The van der Waals surface area contributed by atoms with Gasteiger partial charge in [0.2, 0.25) is 0 Å². The van der Waals surface area contributed by atoms with Gasteiger partial charge in [-0.25, -0.2) is 9.59 Å². The van der Waals surface area contributed by atoms with Gasteiger partial charge in [-0.15, -0.1) is 0 Å². The molecular weight excluding hydrogens is 586 g/mol. The Morgan fingerprint density at radius 1 is 0.841 bits per heavy atom. The van der Waals surface area contributed by atoms with E-state index >= 15 is 0 Å². The number of carboxylic acids is 2. The number of ether oxygens (including phenoxy) is 2. The van der Waals surface area contributed by atoms with Crippen LogP contribution in [-0.4, -0.2) is 38.9 Å². The van der Waals surface area contributed by atoms with E-state index in [1.807, 2.05) is 30.3 Å². The van der Waals surface area contributed by atoms with Crippen molar-refractivity contribution in [3.63, 3.8) is 0 Å². The quantitative estimate of drug-likeness (QED) is 0.150. The second-order valence-electron chi connectivity index (χ2n) is 10.3. The first-order valence-electron chi connectivity index (χ1n) is 13.8. The summed E-state index contributed by atoms with van der Waals surface area (Å²) in [5.41, 5.74) is 1.41. The summed E-state index contributed by atoms with van der Waals surface area (Å²) in [6.45, 7) is 1.14. The number of rotatable bonds is 9. The number of hydrogen-bond donors (Lipinski definition) is 2. The molecule has 0 bridgehead atoms. The van der Waals surface area contributed by atoms with Crippen LogP contribution in [0.25, 0.3) is 0 Å². The molecule has 0 spiro atoms. The first-order chi connectivity index (χ1) is 21.1. The van der Waals surface area contributed by atoms with Crippen LogP contribution < -0.4 is 9.47 Å². The Balaban J connectivity index is 1.59. The Hall–Kier alpha value is -5.15. The summed E-state index contributed by atoms with van der Waals surface area (Å²) in [4.78, 5) is 52.1. The third-order valence-corrected chi connectivity index (χ3v) is 7.59. The number of esters is 1. The van der Waals surface area contributed by atoms with E-state index in [1.54, 1.807) is 47.4 Å². The molecule has 0 aromatic heterocycles. The van der Waals surface area contributed by atoms with E-state index in [9.17, 15) is 29.4 Å². The normalized spacial score (nSPS) is 13.8. The van der Waals surface area contributed by atoms with Crippen LogP contribution in [0.1, 0.15) is 73.6 Å². The van der Waals surface area contributed by atoms with Gasteiger partial charge in [0.15, 0.2) is 0 Å². The topological polar surface area (TPSA) is 130 Å². The summed E-state index contributed by atoms with van der Waals surface area (Å²) < 4.78 is 11.0. The molecule has 44 heavy (non-hydrogen) atoms. The molecule has 1 amide bonds. The zero-order valence-corrected chi connectivity index (χ0v) is 24.4. The predicted octanol–water partition coefficient (Wildman–Crippen LogP) is 7.17. The molecule has 2 N–H and O–H groups in total. The lowest BCUT2D eigenvalue weighted by molar-refractivity contribution is -0.131. The Bertz CT molecular complexity index is 1750. The minimum absolute atomic E-state index is 0.0722. The van der Waals surface area contributed by atoms with Crippen LogP contribution in [0.5, 0.6) is 17.2 Å². The van der Waals surface area contributed by atoms with Crippen LogP contribution in [0, 0.1) is 0 Å². The lowest BCUT2D eigenvalue weighted by atomic mass is 9.86. The standard InChI is InChI=1S/C34H28ClNO8/c1-20(37)43-31-18-28(33(39)40)27(17-29(31)34(41)42)32(38)36(30-11-5-8-22-7-2-3-10-26(22)30)19-21-6-4-9-25(16-21)44-24-14-12-23(35)13-15-24/h2-4,6-7,9-10,12-18,30H,5,8,11,19H2,1H3,(H,39,40)(H,41,42)/t30-/m0/s1. The van der Waals surface area contributed by atoms with Gasteiger partial charge in [0.25, 0.3) is 5.91 Å². The van der Waals surface area contributed by atoms with Gasteiger partial charge in [-0.05, 0) is 84.5 Å². The van der Waals surface area contributed by atoms with Crippen molar-refractivity contribution in [1.29, 1.82) is 0 Å². The molecule has 0 aliphatic heterocycles. The van der Waals surface area contributed by atoms with E-state index in [-0.39, 0.29) is 12.1 Å². The Morgan fingerprint density at radius 2 is 1.57 bits per heavy atom. The van der Waals surface area contributed by atoms with Crippen LogP contribution in [0.3, 0.4) is 0 Å². The first kappa shape index (κ1) is 30.3. The van der Waals surface area contributed by atoms with Gasteiger partial charge in [0.1, 0.15) is 22.8 Å². The summed E-state index contributed by atoms with van der Waals surface area (Å²) >= 11 is 5.99. The number of halogens is 1. The van der Waals surface area contributed by atoms with Crippen molar-refractivity contribution in [1.82, 2.24) is 4.90 Å². The van der Waals surface area contributed by atoms with E-state index in [1.165, 1.54) is 0 Å². The minimum Gasteiger partial charge on any atom is -0.478 e.